The Morgan fingerprint density at radius 2 is 2.38 bits per heavy atom. The van der Waals surface area contributed by atoms with Gasteiger partial charge < -0.3 is 9.53 Å². The molecule has 0 spiro atoms. The summed E-state index contributed by atoms with van der Waals surface area (Å²) >= 11 is 0. The number of rotatable bonds is 3. The largest absolute Gasteiger partial charge is 0.443 e. The summed E-state index contributed by atoms with van der Waals surface area (Å²) in [5.74, 6) is 0. The van der Waals surface area contributed by atoms with Gasteiger partial charge in [-0.05, 0) is 24.6 Å². The Labute approximate surface area is 93.8 Å². The van der Waals surface area contributed by atoms with E-state index in [1.165, 1.54) is 0 Å². The molecule has 1 amide bonds. The van der Waals surface area contributed by atoms with Crippen LogP contribution in [0.3, 0.4) is 0 Å². The van der Waals surface area contributed by atoms with Crippen LogP contribution in [0.1, 0.15) is 12.0 Å². The molecule has 0 radical (unpaired) electrons. The minimum atomic E-state index is -0.377. The van der Waals surface area contributed by atoms with Crippen LogP contribution >= 0.6 is 0 Å². The Bertz CT molecular complexity index is 416. The summed E-state index contributed by atoms with van der Waals surface area (Å²) in [6.07, 6.45) is 0.342. The van der Waals surface area contributed by atoms with Gasteiger partial charge in [0.1, 0.15) is 12.4 Å². The Morgan fingerprint density at radius 3 is 3.06 bits per heavy atom. The number of ether oxygens (including phenoxy) is 1. The summed E-state index contributed by atoms with van der Waals surface area (Å²) in [6, 6.07) is 7.64. The molecule has 1 aromatic rings. The molecule has 0 saturated carbocycles. The molecule has 2 rings (SSSR count). The maximum Gasteiger partial charge on any atom is 0.414 e. The molecule has 4 nitrogen and oxygen atoms in total. The summed E-state index contributed by atoms with van der Waals surface area (Å²) in [7, 11) is 0. The summed E-state index contributed by atoms with van der Waals surface area (Å²) in [5, 5.41) is 0. The molecule has 1 aliphatic rings. The molecule has 1 aromatic carbocycles. The molecule has 1 atom stereocenters. The fourth-order valence-electron chi connectivity index (χ4n) is 1.76. The maximum atomic E-state index is 11.6. The average Bonchev–Trinajstić information content (AvgIpc) is 2.60. The molecule has 1 heterocycles. The van der Waals surface area contributed by atoms with Gasteiger partial charge in [-0.15, -0.1) is 0 Å². The van der Waals surface area contributed by atoms with Crippen LogP contribution in [0, 0.1) is 6.92 Å². The van der Waals surface area contributed by atoms with Gasteiger partial charge in [0, 0.05) is 12.1 Å². The maximum absolute atomic E-state index is 11.6. The highest BCUT2D eigenvalue weighted by Gasteiger charge is 2.31. The van der Waals surface area contributed by atoms with Crippen molar-refractivity contribution in [2.75, 3.05) is 11.4 Å². The Balaban J connectivity index is 2.16. The van der Waals surface area contributed by atoms with Crippen LogP contribution < -0.4 is 4.90 Å². The van der Waals surface area contributed by atoms with Crippen LogP contribution in [0.4, 0.5) is 10.5 Å². The van der Waals surface area contributed by atoms with Crippen molar-refractivity contribution < 1.29 is 14.3 Å². The summed E-state index contributed by atoms with van der Waals surface area (Å²) in [4.78, 5) is 23.5. The third-order valence-corrected chi connectivity index (χ3v) is 2.55. The van der Waals surface area contributed by atoms with Crippen molar-refractivity contribution in [3.05, 3.63) is 29.8 Å². The number of cyclic esters (lactones) is 1. The average molecular weight is 219 g/mol. The van der Waals surface area contributed by atoms with Crippen LogP contribution in [0.25, 0.3) is 0 Å². The van der Waals surface area contributed by atoms with E-state index in [1.807, 2.05) is 31.2 Å². The molecular weight excluding hydrogens is 206 g/mol. The summed E-state index contributed by atoms with van der Waals surface area (Å²) in [6.45, 7) is 2.41. The lowest BCUT2D eigenvalue weighted by Gasteiger charge is -2.12. The second kappa shape index (κ2) is 4.35. The molecule has 0 aliphatic carbocycles. The van der Waals surface area contributed by atoms with E-state index in [-0.39, 0.29) is 18.6 Å². The van der Waals surface area contributed by atoms with Crippen molar-refractivity contribution >= 4 is 18.1 Å². The normalized spacial score (nSPS) is 19.7. The van der Waals surface area contributed by atoms with Crippen molar-refractivity contribution in [3.8, 4) is 0 Å². The number of anilines is 1. The molecule has 16 heavy (non-hydrogen) atoms. The minimum absolute atomic E-state index is 0.258. The first-order chi connectivity index (χ1) is 7.70. The molecule has 1 unspecified atom stereocenters. The number of amides is 1. The first-order valence-corrected chi connectivity index (χ1v) is 5.19. The molecule has 4 heteroatoms. The molecule has 0 bridgehead atoms. The fourth-order valence-corrected chi connectivity index (χ4v) is 1.76. The first-order valence-electron chi connectivity index (χ1n) is 5.19. The zero-order valence-electron chi connectivity index (χ0n) is 9.05. The highest BCUT2D eigenvalue weighted by molar-refractivity contribution is 5.90. The number of hydrogen-bond acceptors (Lipinski definition) is 3. The highest BCUT2D eigenvalue weighted by Crippen LogP contribution is 2.23. The number of aryl methyl sites for hydroxylation is 1. The predicted octanol–water partition coefficient (Wildman–Crippen LogP) is 1.91. The minimum Gasteiger partial charge on any atom is -0.443 e. The molecule has 0 aromatic heterocycles. The van der Waals surface area contributed by atoms with Gasteiger partial charge in [0.2, 0.25) is 0 Å². The van der Waals surface area contributed by atoms with Gasteiger partial charge >= 0.3 is 6.09 Å². The lowest BCUT2D eigenvalue weighted by atomic mass is 10.2. The van der Waals surface area contributed by atoms with Crippen molar-refractivity contribution in [2.45, 2.75) is 19.4 Å². The number of carbonyl (C=O) groups is 2. The van der Waals surface area contributed by atoms with Crippen LogP contribution in [0.5, 0.6) is 0 Å². The van der Waals surface area contributed by atoms with Gasteiger partial charge in [-0.3, -0.25) is 4.90 Å². The molecule has 0 N–H and O–H groups in total. The molecule has 1 fully saturated rings. The van der Waals surface area contributed by atoms with Gasteiger partial charge in [-0.1, -0.05) is 12.1 Å². The number of aldehydes is 1. The van der Waals surface area contributed by atoms with Gasteiger partial charge in [-0.2, -0.15) is 0 Å². The van der Waals surface area contributed by atoms with Gasteiger partial charge in [0.25, 0.3) is 0 Å². The first kappa shape index (κ1) is 10.7. The van der Waals surface area contributed by atoms with E-state index in [4.69, 9.17) is 4.74 Å². The van der Waals surface area contributed by atoms with Gasteiger partial charge in [-0.25, -0.2) is 4.79 Å². The number of hydrogen-bond donors (Lipinski definition) is 0. The van der Waals surface area contributed by atoms with Crippen molar-refractivity contribution in [1.82, 2.24) is 0 Å². The van der Waals surface area contributed by atoms with E-state index >= 15 is 0 Å². The van der Waals surface area contributed by atoms with E-state index < -0.39 is 0 Å². The number of nitrogens with zero attached hydrogens (tertiary/aromatic N) is 1. The fraction of sp³-hybridized carbons (Fsp3) is 0.333. The molecule has 84 valence electrons. The van der Waals surface area contributed by atoms with E-state index in [1.54, 1.807) is 4.90 Å². The number of carbonyl (C=O) groups excluding carboxylic acids is 2. The van der Waals surface area contributed by atoms with Crippen LogP contribution in [-0.4, -0.2) is 25.0 Å². The molecular formula is C12H13NO3. The van der Waals surface area contributed by atoms with Crippen molar-refractivity contribution in [3.63, 3.8) is 0 Å². The van der Waals surface area contributed by atoms with E-state index in [2.05, 4.69) is 0 Å². The Hall–Kier alpha value is -1.84. The van der Waals surface area contributed by atoms with Crippen LogP contribution in [-0.2, 0) is 9.53 Å². The number of benzene rings is 1. The molecule has 1 aliphatic heterocycles. The SMILES string of the molecule is Cc1cccc(N2CC(CC=O)OC2=O)c1. The summed E-state index contributed by atoms with van der Waals surface area (Å²) < 4.78 is 5.06. The zero-order chi connectivity index (χ0) is 11.5. The summed E-state index contributed by atoms with van der Waals surface area (Å²) in [5.41, 5.74) is 1.91. The second-order valence-electron chi connectivity index (χ2n) is 3.86. The van der Waals surface area contributed by atoms with Gasteiger partial charge in [0.05, 0.1) is 6.54 Å². The quantitative estimate of drug-likeness (QED) is 0.729. The van der Waals surface area contributed by atoms with Crippen molar-refractivity contribution in [1.29, 1.82) is 0 Å². The van der Waals surface area contributed by atoms with E-state index in [9.17, 15) is 9.59 Å². The predicted molar refractivity (Wildman–Crippen MR) is 59.5 cm³/mol. The smallest absolute Gasteiger partial charge is 0.414 e. The van der Waals surface area contributed by atoms with Crippen LogP contribution in [0.15, 0.2) is 24.3 Å². The van der Waals surface area contributed by atoms with Crippen LogP contribution in [0.2, 0.25) is 0 Å². The third kappa shape index (κ3) is 2.05. The standard InChI is InChI=1S/C12H13NO3/c1-9-3-2-4-10(7-9)13-8-11(5-6-14)16-12(13)15/h2-4,6-7,11H,5,8H2,1H3. The monoisotopic (exact) mass is 219 g/mol. The van der Waals surface area contributed by atoms with Gasteiger partial charge in [0.15, 0.2) is 0 Å². The van der Waals surface area contributed by atoms with E-state index in [0.717, 1.165) is 17.5 Å². The highest BCUT2D eigenvalue weighted by atomic mass is 16.6. The second-order valence-corrected chi connectivity index (χ2v) is 3.86. The Kier molecular flexibility index (Phi) is 2.90. The van der Waals surface area contributed by atoms with E-state index in [0.29, 0.717) is 6.54 Å². The Morgan fingerprint density at radius 1 is 1.56 bits per heavy atom. The molecule has 1 saturated heterocycles. The van der Waals surface area contributed by atoms with Crippen molar-refractivity contribution in [2.24, 2.45) is 0 Å². The lowest BCUT2D eigenvalue weighted by Crippen LogP contribution is -2.24. The lowest BCUT2D eigenvalue weighted by molar-refractivity contribution is -0.109. The zero-order valence-corrected chi connectivity index (χ0v) is 9.05. The third-order valence-electron chi connectivity index (χ3n) is 2.55. The topological polar surface area (TPSA) is 46.6 Å².